The Morgan fingerprint density at radius 2 is 1.46 bits per heavy atom. The molecule has 1 rings (SSSR count). The molecule has 0 heterocycles. The van der Waals surface area contributed by atoms with Crippen LogP contribution < -0.4 is 0 Å². The van der Waals surface area contributed by atoms with Gasteiger partial charge in [-0.25, -0.2) is 0 Å². The molecule has 2 atom stereocenters. The molecule has 0 aromatic heterocycles. The van der Waals surface area contributed by atoms with Crippen molar-refractivity contribution in [2.24, 2.45) is 5.92 Å². The van der Waals surface area contributed by atoms with Gasteiger partial charge in [-0.3, -0.25) is 0 Å². The van der Waals surface area contributed by atoms with E-state index in [4.69, 9.17) is 14.2 Å². The monoisotopic (exact) mass is 492 g/mol. The van der Waals surface area contributed by atoms with Crippen LogP contribution in [0.15, 0.2) is 48.1 Å². The number of phenolic OH excluding ortho intramolecular Hbond substituents is 1. The number of aliphatic hydroxyl groups excluding tert-OH is 2. The zero-order chi connectivity index (χ0) is 26.1. The van der Waals surface area contributed by atoms with Crippen molar-refractivity contribution in [3.05, 3.63) is 53.6 Å². The van der Waals surface area contributed by atoms with E-state index in [0.29, 0.717) is 26.4 Å². The molecule has 200 valence electrons. The van der Waals surface area contributed by atoms with Crippen molar-refractivity contribution in [3.8, 4) is 5.75 Å². The van der Waals surface area contributed by atoms with Crippen molar-refractivity contribution >= 4 is 0 Å². The first kappa shape index (κ1) is 31.3. The molecule has 3 N–H and O–H groups in total. The molecule has 0 saturated heterocycles. The normalized spacial score (nSPS) is 14.7. The Labute approximate surface area is 212 Å². The summed E-state index contributed by atoms with van der Waals surface area (Å²) in [5, 5.41) is 29.3. The van der Waals surface area contributed by atoms with Crippen LogP contribution in [0.3, 0.4) is 0 Å². The number of phenols is 1. The van der Waals surface area contributed by atoms with Gasteiger partial charge in [0.15, 0.2) is 0 Å². The quantitative estimate of drug-likeness (QED) is 0.183. The molecule has 0 aliphatic rings. The first-order chi connectivity index (χ1) is 16.7. The van der Waals surface area contributed by atoms with Crippen molar-refractivity contribution in [2.45, 2.75) is 77.9 Å². The van der Waals surface area contributed by atoms with E-state index in [9.17, 15) is 15.3 Å². The SMILES string of the molecule is C/C=C(\C=C/COCC(O)COCCCCCCOCC(O)C(C)C)C(C)(C)c1ccc(O)cc1. The van der Waals surface area contributed by atoms with Gasteiger partial charge in [-0.2, -0.15) is 0 Å². The molecule has 1 aromatic carbocycles. The Morgan fingerprint density at radius 3 is 2.03 bits per heavy atom. The lowest BCUT2D eigenvalue weighted by Gasteiger charge is -2.27. The summed E-state index contributed by atoms with van der Waals surface area (Å²) in [6.45, 7) is 12.9. The Kier molecular flexibility index (Phi) is 15.8. The number of aromatic hydroxyl groups is 1. The van der Waals surface area contributed by atoms with Crippen LogP contribution >= 0.6 is 0 Å². The lowest BCUT2D eigenvalue weighted by molar-refractivity contribution is -0.0139. The molecule has 0 fully saturated rings. The fraction of sp³-hybridized carbons (Fsp3) is 0.655. The van der Waals surface area contributed by atoms with Crippen LogP contribution in [-0.4, -0.2) is 67.2 Å². The molecule has 0 saturated carbocycles. The third kappa shape index (κ3) is 13.3. The maximum Gasteiger partial charge on any atom is 0.115 e. The van der Waals surface area contributed by atoms with E-state index >= 15 is 0 Å². The molecule has 0 aliphatic heterocycles. The Bertz CT molecular complexity index is 723. The number of benzene rings is 1. The van der Waals surface area contributed by atoms with Crippen molar-refractivity contribution in [1.82, 2.24) is 0 Å². The van der Waals surface area contributed by atoms with Crippen LogP contribution in [0.4, 0.5) is 0 Å². The highest BCUT2D eigenvalue weighted by atomic mass is 16.5. The fourth-order valence-corrected chi connectivity index (χ4v) is 3.58. The van der Waals surface area contributed by atoms with Gasteiger partial charge in [0, 0.05) is 18.6 Å². The van der Waals surface area contributed by atoms with Gasteiger partial charge in [-0.1, -0.05) is 70.9 Å². The second kappa shape index (κ2) is 17.7. The molecular weight excluding hydrogens is 444 g/mol. The highest BCUT2D eigenvalue weighted by Gasteiger charge is 2.23. The Morgan fingerprint density at radius 1 is 0.886 bits per heavy atom. The number of rotatable bonds is 19. The molecule has 6 nitrogen and oxygen atoms in total. The lowest BCUT2D eigenvalue weighted by Crippen LogP contribution is -2.22. The second-order valence-electron chi connectivity index (χ2n) is 9.88. The van der Waals surface area contributed by atoms with Crippen molar-refractivity contribution in [2.75, 3.05) is 39.6 Å². The summed E-state index contributed by atoms with van der Waals surface area (Å²) in [6.07, 6.45) is 9.12. The molecule has 0 bridgehead atoms. The maximum atomic E-state index is 10.0. The van der Waals surface area contributed by atoms with Gasteiger partial charge in [-0.05, 0) is 49.0 Å². The Hall–Kier alpha value is -1.70. The van der Waals surface area contributed by atoms with E-state index in [1.54, 1.807) is 12.1 Å². The van der Waals surface area contributed by atoms with Crippen molar-refractivity contribution in [1.29, 1.82) is 0 Å². The molecule has 2 unspecified atom stereocenters. The first-order valence-corrected chi connectivity index (χ1v) is 12.9. The molecule has 0 amide bonds. The molecule has 35 heavy (non-hydrogen) atoms. The predicted octanol–water partition coefficient (Wildman–Crippen LogP) is 5.16. The summed E-state index contributed by atoms with van der Waals surface area (Å²) in [6, 6.07) is 7.29. The van der Waals surface area contributed by atoms with E-state index in [2.05, 4.69) is 19.9 Å². The van der Waals surface area contributed by atoms with Crippen LogP contribution in [0.5, 0.6) is 5.75 Å². The number of allylic oxidation sites excluding steroid dienone is 3. The third-order valence-electron chi connectivity index (χ3n) is 6.14. The van der Waals surface area contributed by atoms with Crippen molar-refractivity contribution in [3.63, 3.8) is 0 Å². The summed E-state index contributed by atoms with van der Waals surface area (Å²) in [5.41, 5.74) is 2.07. The molecule has 6 heteroatoms. The Balaban J connectivity index is 2.11. The smallest absolute Gasteiger partial charge is 0.115 e. The predicted molar refractivity (Wildman–Crippen MR) is 142 cm³/mol. The van der Waals surface area contributed by atoms with Gasteiger partial charge in [0.05, 0.1) is 32.5 Å². The van der Waals surface area contributed by atoms with Crippen LogP contribution in [0.1, 0.15) is 65.9 Å². The second-order valence-corrected chi connectivity index (χ2v) is 9.88. The maximum absolute atomic E-state index is 10.0. The van der Waals surface area contributed by atoms with E-state index in [1.165, 1.54) is 0 Å². The zero-order valence-corrected chi connectivity index (χ0v) is 22.4. The fourth-order valence-electron chi connectivity index (χ4n) is 3.58. The number of ether oxygens (including phenoxy) is 3. The van der Waals surface area contributed by atoms with Gasteiger partial charge < -0.3 is 29.5 Å². The number of unbranched alkanes of at least 4 members (excludes halogenated alkanes) is 3. The minimum absolute atomic E-state index is 0.199. The average molecular weight is 493 g/mol. The van der Waals surface area contributed by atoms with Crippen LogP contribution in [0.2, 0.25) is 0 Å². The number of aliphatic hydroxyl groups is 2. The summed E-state index contributed by atoms with van der Waals surface area (Å²) in [4.78, 5) is 0. The van der Waals surface area contributed by atoms with Crippen molar-refractivity contribution < 1.29 is 29.5 Å². The largest absolute Gasteiger partial charge is 0.508 e. The number of hydrogen-bond donors (Lipinski definition) is 3. The van der Waals surface area contributed by atoms with Gasteiger partial charge in [0.1, 0.15) is 11.9 Å². The van der Waals surface area contributed by atoms with E-state index in [1.807, 2.05) is 45.1 Å². The zero-order valence-electron chi connectivity index (χ0n) is 22.4. The van der Waals surface area contributed by atoms with Gasteiger partial charge in [0.2, 0.25) is 0 Å². The lowest BCUT2D eigenvalue weighted by atomic mass is 9.77. The summed E-state index contributed by atoms with van der Waals surface area (Å²) < 4.78 is 16.6. The highest BCUT2D eigenvalue weighted by Crippen LogP contribution is 2.33. The van der Waals surface area contributed by atoms with Gasteiger partial charge >= 0.3 is 0 Å². The summed E-state index contributed by atoms with van der Waals surface area (Å²) in [5.74, 6) is 0.489. The van der Waals surface area contributed by atoms with Gasteiger partial charge in [0.25, 0.3) is 0 Å². The minimum Gasteiger partial charge on any atom is -0.508 e. The molecular formula is C29H48O6. The third-order valence-corrected chi connectivity index (χ3v) is 6.14. The number of hydrogen-bond acceptors (Lipinski definition) is 6. The standard InChI is InChI=1S/C29H48O6/c1-6-24(29(4,5)25-13-15-26(30)16-14-25)12-11-19-34-21-27(31)20-33-17-9-7-8-10-18-35-22-28(32)23(2)3/h6,11-16,23,27-28,30-32H,7-10,17-22H2,1-5H3/b12-11-,24-6+. The van der Waals surface area contributed by atoms with Gasteiger partial charge in [-0.15, -0.1) is 0 Å². The molecule has 0 spiro atoms. The minimum atomic E-state index is -0.640. The van der Waals surface area contributed by atoms with E-state index in [0.717, 1.165) is 36.8 Å². The average Bonchev–Trinajstić information content (AvgIpc) is 2.82. The molecule has 0 radical (unpaired) electrons. The van der Waals surface area contributed by atoms with Crippen LogP contribution in [-0.2, 0) is 19.6 Å². The van der Waals surface area contributed by atoms with E-state index in [-0.39, 0.29) is 36.4 Å². The van der Waals surface area contributed by atoms with Crippen LogP contribution in [0.25, 0.3) is 0 Å². The summed E-state index contributed by atoms with van der Waals surface area (Å²) >= 11 is 0. The van der Waals surface area contributed by atoms with E-state index < -0.39 is 6.10 Å². The molecule has 1 aromatic rings. The highest BCUT2D eigenvalue weighted by molar-refractivity contribution is 5.41. The summed E-state index contributed by atoms with van der Waals surface area (Å²) in [7, 11) is 0. The topological polar surface area (TPSA) is 88.4 Å². The van der Waals surface area contributed by atoms with Crippen LogP contribution in [0, 0.1) is 5.92 Å². The molecule has 0 aliphatic carbocycles. The first-order valence-electron chi connectivity index (χ1n) is 12.9.